The van der Waals surface area contributed by atoms with Gasteiger partial charge in [-0.15, -0.1) is 0 Å². The first-order valence-electron chi connectivity index (χ1n) is 7.97. The molecule has 0 bridgehead atoms. The Labute approximate surface area is 128 Å². The second-order valence-electron chi connectivity index (χ2n) is 8.45. The highest BCUT2D eigenvalue weighted by molar-refractivity contribution is 5.45. The van der Waals surface area contributed by atoms with Crippen LogP contribution in [0.4, 0.5) is 11.6 Å². The molecule has 0 saturated heterocycles. The fourth-order valence-electron chi connectivity index (χ4n) is 3.97. The van der Waals surface area contributed by atoms with Gasteiger partial charge in [0, 0.05) is 18.0 Å². The molecule has 0 aliphatic heterocycles. The maximum Gasteiger partial charge on any atom is 0.135 e. The molecule has 0 unspecified atom stereocenters. The lowest BCUT2D eigenvalue weighted by molar-refractivity contribution is 0.105. The molecule has 1 aliphatic rings. The van der Waals surface area contributed by atoms with E-state index < -0.39 is 0 Å². The molecule has 1 aromatic rings. The third-order valence-corrected chi connectivity index (χ3v) is 4.19. The topological polar surface area (TPSA) is 63.8 Å². The van der Waals surface area contributed by atoms with E-state index in [0.717, 1.165) is 24.5 Å². The number of nitrogens with two attached hydrogens (primary N) is 1. The van der Waals surface area contributed by atoms with E-state index >= 15 is 0 Å². The normalized spacial score (nSPS) is 21.5. The van der Waals surface area contributed by atoms with Crippen molar-refractivity contribution < 1.29 is 0 Å². The van der Waals surface area contributed by atoms with Crippen molar-refractivity contribution in [1.82, 2.24) is 9.97 Å². The van der Waals surface area contributed by atoms with Gasteiger partial charge in [-0.25, -0.2) is 9.97 Å². The van der Waals surface area contributed by atoms with Gasteiger partial charge in [-0.1, -0.05) is 41.5 Å². The van der Waals surface area contributed by atoms with Crippen molar-refractivity contribution in [3.05, 3.63) is 11.9 Å². The van der Waals surface area contributed by atoms with E-state index in [2.05, 4.69) is 56.8 Å². The third-order valence-electron chi connectivity index (χ3n) is 4.19. The quantitative estimate of drug-likeness (QED) is 0.875. The number of nitrogen functional groups attached to an aromatic ring is 1. The fourth-order valence-corrected chi connectivity index (χ4v) is 3.97. The molecule has 0 amide bonds. The summed E-state index contributed by atoms with van der Waals surface area (Å²) in [5, 5.41) is 3.60. The minimum atomic E-state index is 0.285. The first-order chi connectivity index (χ1) is 9.56. The van der Waals surface area contributed by atoms with E-state index in [4.69, 9.17) is 5.73 Å². The van der Waals surface area contributed by atoms with E-state index in [0.29, 0.717) is 22.7 Å². The smallest absolute Gasteiger partial charge is 0.135 e. The molecule has 4 nitrogen and oxygen atoms in total. The van der Waals surface area contributed by atoms with Crippen LogP contribution in [0.1, 0.15) is 72.5 Å². The van der Waals surface area contributed by atoms with Crippen molar-refractivity contribution in [2.45, 2.75) is 72.8 Å². The minimum absolute atomic E-state index is 0.285. The molecule has 3 N–H and O–H groups in total. The van der Waals surface area contributed by atoms with Crippen LogP contribution in [-0.2, 0) is 0 Å². The summed E-state index contributed by atoms with van der Waals surface area (Å²) in [4.78, 5) is 8.93. The Bertz CT molecular complexity index is 490. The molecule has 1 heterocycles. The van der Waals surface area contributed by atoms with Crippen LogP contribution >= 0.6 is 0 Å². The van der Waals surface area contributed by atoms with Crippen LogP contribution in [0.2, 0.25) is 0 Å². The SMILES string of the molecule is CC(C)c1nc(N)cc(NC2CC(C)(C)CC(C)(C)C2)n1. The zero-order valence-corrected chi connectivity index (χ0v) is 14.3. The molecule has 0 aromatic carbocycles. The maximum atomic E-state index is 5.92. The Morgan fingerprint density at radius 1 is 1.14 bits per heavy atom. The van der Waals surface area contributed by atoms with Crippen LogP contribution in [0.25, 0.3) is 0 Å². The largest absolute Gasteiger partial charge is 0.384 e. The number of rotatable bonds is 3. The Morgan fingerprint density at radius 2 is 1.71 bits per heavy atom. The Hall–Kier alpha value is -1.32. The van der Waals surface area contributed by atoms with E-state index in [-0.39, 0.29) is 5.92 Å². The molecule has 21 heavy (non-hydrogen) atoms. The van der Waals surface area contributed by atoms with Crippen molar-refractivity contribution in [3.8, 4) is 0 Å². The number of nitrogens with zero attached hydrogens (tertiary/aromatic N) is 2. The van der Waals surface area contributed by atoms with Crippen LogP contribution < -0.4 is 11.1 Å². The molecule has 1 aliphatic carbocycles. The van der Waals surface area contributed by atoms with E-state index in [9.17, 15) is 0 Å². The fraction of sp³-hybridized carbons (Fsp3) is 0.765. The van der Waals surface area contributed by atoms with Gasteiger partial charge in [-0.05, 0) is 30.1 Å². The van der Waals surface area contributed by atoms with Crippen molar-refractivity contribution in [3.63, 3.8) is 0 Å². The van der Waals surface area contributed by atoms with Crippen LogP contribution in [0.3, 0.4) is 0 Å². The van der Waals surface area contributed by atoms with Gasteiger partial charge < -0.3 is 11.1 Å². The lowest BCUT2D eigenvalue weighted by atomic mass is 9.63. The molecule has 4 heteroatoms. The Kier molecular flexibility index (Phi) is 4.18. The van der Waals surface area contributed by atoms with Gasteiger partial charge >= 0.3 is 0 Å². The minimum Gasteiger partial charge on any atom is -0.384 e. The highest BCUT2D eigenvalue weighted by Gasteiger charge is 2.38. The number of hydrogen-bond donors (Lipinski definition) is 2. The van der Waals surface area contributed by atoms with Gasteiger partial charge in [0.1, 0.15) is 17.5 Å². The number of nitrogens with one attached hydrogen (secondary N) is 1. The number of aromatic nitrogens is 2. The summed E-state index contributed by atoms with van der Waals surface area (Å²) in [7, 11) is 0. The predicted molar refractivity (Wildman–Crippen MR) is 89.4 cm³/mol. The molecule has 0 atom stereocenters. The molecule has 0 spiro atoms. The highest BCUT2D eigenvalue weighted by Crippen LogP contribution is 2.46. The van der Waals surface area contributed by atoms with Crippen LogP contribution in [0.15, 0.2) is 6.07 Å². The molecule has 1 fully saturated rings. The lowest BCUT2D eigenvalue weighted by Gasteiger charge is -2.45. The first-order valence-corrected chi connectivity index (χ1v) is 7.97. The summed E-state index contributed by atoms with van der Waals surface area (Å²) in [6, 6.07) is 2.29. The second kappa shape index (κ2) is 5.47. The van der Waals surface area contributed by atoms with Gasteiger partial charge in [-0.3, -0.25) is 0 Å². The van der Waals surface area contributed by atoms with Gasteiger partial charge in [0.05, 0.1) is 0 Å². The lowest BCUT2D eigenvalue weighted by Crippen LogP contribution is -2.40. The zero-order valence-electron chi connectivity index (χ0n) is 14.3. The number of hydrogen-bond acceptors (Lipinski definition) is 4. The molecule has 118 valence electrons. The predicted octanol–water partition coefficient (Wildman–Crippen LogP) is 4.20. The Morgan fingerprint density at radius 3 is 2.24 bits per heavy atom. The summed E-state index contributed by atoms with van der Waals surface area (Å²) in [5.74, 6) is 2.51. The van der Waals surface area contributed by atoms with Crippen LogP contribution in [-0.4, -0.2) is 16.0 Å². The molecular weight excluding hydrogens is 260 g/mol. The standard InChI is InChI=1S/C17H30N4/c1-11(2)15-20-13(18)7-14(21-15)19-12-8-16(3,4)10-17(5,6)9-12/h7,11-12H,8-10H2,1-6H3,(H3,18,19,20,21). The van der Waals surface area contributed by atoms with E-state index in [1.165, 1.54) is 6.42 Å². The maximum absolute atomic E-state index is 5.92. The molecule has 0 radical (unpaired) electrons. The summed E-state index contributed by atoms with van der Waals surface area (Å²) in [5.41, 5.74) is 6.64. The van der Waals surface area contributed by atoms with Gasteiger partial charge in [0.25, 0.3) is 0 Å². The van der Waals surface area contributed by atoms with Crippen molar-refractivity contribution >= 4 is 11.6 Å². The van der Waals surface area contributed by atoms with Crippen LogP contribution in [0.5, 0.6) is 0 Å². The Balaban J connectivity index is 2.18. The third kappa shape index (κ3) is 4.32. The van der Waals surface area contributed by atoms with Crippen molar-refractivity contribution in [2.75, 3.05) is 11.1 Å². The summed E-state index contributed by atoms with van der Waals surface area (Å²) in [6.07, 6.45) is 3.59. The molecule has 1 saturated carbocycles. The molecule has 1 aromatic heterocycles. The van der Waals surface area contributed by atoms with Gasteiger partial charge in [0.15, 0.2) is 0 Å². The van der Waals surface area contributed by atoms with Crippen LogP contribution in [0, 0.1) is 10.8 Å². The second-order valence-corrected chi connectivity index (χ2v) is 8.45. The first kappa shape index (κ1) is 16.1. The summed E-state index contributed by atoms with van der Waals surface area (Å²) in [6.45, 7) is 13.6. The summed E-state index contributed by atoms with van der Waals surface area (Å²) >= 11 is 0. The molecule has 2 rings (SSSR count). The van der Waals surface area contributed by atoms with Gasteiger partial charge in [0.2, 0.25) is 0 Å². The van der Waals surface area contributed by atoms with E-state index in [1.807, 2.05) is 6.07 Å². The van der Waals surface area contributed by atoms with Crippen molar-refractivity contribution in [2.24, 2.45) is 10.8 Å². The average molecular weight is 290 g/mol. The monoisotopic (exact) mass is 290 g/mol. The average Bonchev–Trinajstić information content (AvgIpc) is 2.22. The van der Waals surface area contributed by atoms with Crippen molar-refractivity contribution in [1.29, 1.82) is 0 Å². The number of anilines is 2. The highest BCUT2D eigenvalue weighted by atomic mass is 15.1. The summed E-state index contributed by atoms with van der Waals surface area (Å²) < 4.78 is 0. The van der Waals surface area contributed by atoms with E-state index in [1.54, 1.807) is 0 Å². The molecular formula is C17H30N4. The zero-order chi connectivity index (χ0) is 15.8. The van der Waals surface area contributed by atoms with Gasteiger partial charge in [-0.2, -0.15) is 0 Å².